The molecule has 0 radical (unpaired) electrons. The van der Waals surface area contributed by atoms with Gasteiger partial charge < -0.3 is 15.7 Å². The van der Waals surface area contributed by atoms with Crippen LogP contribution in [0.1, 0.15) is 39.5 Å². The van der Waals surface area contributed by atoms with E-state index in [1.165, 1.54) is 0 Å². The smallest absolute Gasteiger partial charge is 0.326 e. The van der Waals surface area contributed by atoms with E-state index < -0.39 is 12.0 Å². The van der Waals surface area contributed by atoms with Crippen LogP contribution in [0.2, 0.25) is 0 Å². The highest BCUT2D eigenvalue weighted by Gasteiger charge is 2.40. The zero-order valence-electron chi connectivity index (χ0n) is 9.88. The van der Waals surface area contributed by atoms with Crippen molar-refractivity contribution < 1.29 is 14.7 Å². The number of aliphatic carboxylic acids is 1. The third-order valence-electron chi connectivity index (χ3n) is 3.34. The number of amides is 2. The minimum atomic E-state index is -0.991. The molecule has 0 aromatic carbocycles. The monoisotopic (exact) mass is 228 g/mol. The van der Waals surface area contributed by atoms with Gasteiger partial charge in [-0.3, -0.25) is 0 Å². The van der Waals surface area contributed by atoms with E-state index in [0.717, 1.165) is 19.3 Å². The molecule has 0 bridgehead atoms. The van der Waals surface area contributed by atoms with E-state index in [1.54, 1.807) is 6.92 Å². The molecule has 1 saturated carbocycles. The predicted octanol–water partition coefficient (Wildman–Crippen LogP) is 1.34. The van der Waals surface area contributed by atoms with Crippen molar-refractivity contribution in [3.05, 3.63) is 0 Å². The minimum Gasteiger partial charge on any atom is -0.480 e. The molecule has 3 N–H and O–H groups in total. The lowest BCUT2D eigenvalue weighted by molar-refractivity contribution is -0.139. The second-order valence-corrected chi connectivity index (χ2v) is 4.48. The van der Waals surface area contributed by atoms with Gasteiger partial charge in [-0.1, -0.05) is 13.8 Å². The Morgan fingerprint density at radius 3 is 2.38 bits per heavy atom. The van der Waals surface area contributed by atoms with Crippen molar-refractivity contribution in [1.29, 1.82) is 0 Å². The molecule has 0 saturated heterocycles. The number of carbonyl (C=O) groups is 2. The number of hydrogen-bond acceptors (Lipinski definition) is 2. The molecule has 0 unspecified atom stereocenters. The fourth-order valence-corrected chi connectivity index (χ4v) is 1.65. The highest BCUT2D eigenvalue weighted by Crippen LogP contribution is 2.47. The van der Waals surface area contributed by atoms with Gasteiger partial charge in [0.2, 0.25) is 0 Å². The first kappa shape index (κ1) is 12.8. The van der Waals surface area contributed by atoms with Crippen LogP contribution in [0.4, 0.5) is 4.79 Å². The summed E-state index contributed by atoms with van der Waals surface area (Å²) < 4.78 is 0. The van der Waals surface area contributed by atoms with Crippen LogP contribution in [-0.4, -0.2) is 29.7 Å². The Labute approximate surface area is 95.6 Å². The van der Waals surface area contributed by atoms with E-state index in [1.807, 2.05) is 0 Å². The summed E-state index contributed by atoms with van der Waals surface area (Å²) in [4.78, 5) is 22.1. The van der Waals surface area contributed by atoms with Crippen LogP contribution in [0.3, 0.4) is 0 Å². The van der Waals surface area contributed by atoms with E-state index in [0.29, 0.717) is 13.0 Å². The van der Waals surface area contributed by atoms with Crippen LogP contribution in [0.15, 0.2) is 0 Å². The van der Waals surface area contributed by atoms with Gasteiger partial charge in [0.05, 0.1) is 0 Å². The normalized spacial score (nSPS) is 18.6. The molecule has 0 aromatic heterocycles. The van der Waals surface area contributed by atoms with E-state index in [4.69, 9.17) is 5.11 Å². The Balaban J connectivity index is 2.27. The van der Waals surface area contributed by atoms with Crippen molar-refractivity contribution in [2.24, 2.45) is 5.41 Å². The summed E-state index contributed by atoms with van der Waals surface area (Å²) in [6, 6.07) is -1.18. The molecule has 1 aliphatic carbocycles. The summed E-state index contributed by atoms with van der Waals surface area (Å²) in [6.45, 7) is 4.48. The molecule has 1 rings (SSSR count). The van der Waals surface area contributed by atoms with Crippen molar-refractivity contribution in [3.8, 4) is 0 Å². The Morgan fingerprint density at radius 2 is 2.00 bits per heavy atom. The van der Waals surface area contributed by atoms with Crippen LogP contribution in [0, 0.1) is 5.41 Å². The molecule has 1 fully saturated rings. The number of carboxylic acids is 1. The van der Waals surface area contributed by atoms with Crippen molar-refractivity contribution >= 4 is 12.0 Å². The Morgan fingerprint density at radius 1 is 1.38 bits per heavy atom. The van der Waals surface area contributed by atoms with E-state index in [-0.39, 0.29) is 11.4 Å². The van der Waals surface area contributed by atoms with E-state index in [9.17, 15) is 9.59 Å². The number of nitrogens with one attached hydrogen (secondary N) is 2. The SMILES string of the molecule is CC[C@H](NC(=O)NCC1(CC)CC1)C(=O)O. The maximum absolute atomic E-state index is 11.4. The lowest BCUT2D eigenvalue weighted by Crippen LogP contribution is -2.46. The van der Waals surface area contributed by atoms with Crippen LogP contribution < -0.4 is 10.6 Å². The number of urea groups is 1. The average Bonchev–Trinajstić information content (AvgIpc) is 3.03. The first-order valence-corrected chi connectivity index (χ1v) is 5.80. The number of carbonyl (C=O) groups excluding carboxylic acids is 1. The molecule has 1 aliphatic rings. The summed E-state index contributed by atoms with van der Waals surface area (Å²) in [5, 5.41) is 13.9. The average molecular weight is 228 g/mol. The van der Waals surface area contributed by atoms with E-state index >= 15 is 0 Å². The van der Waals surface area contributed by atoms with Gasteiger partial charge in [0.1, 0.15) is 6.04 Å². The summed E-state index contributed by atoms with van der Waals surface area (Å²) >= 11 is 0. The summed E-state index contributed by atoms with van der Waals surface area (Å²) in [5.41, 5.74) is 0.280. The Bertz CT molecular complexity index is 274. The van der Waals surface area contributed by atoms with Crippen LogP contribution >= 0.6 is 0 Å². The largest absolute Gasteiger partial charge is 0.480 e. The molecule has 5 heteroatoms. The maximum atomic E-state index is 11.4. The van der Waals surface area contributed by atoms with Gasteiger partial charge >= 0.3 is 12.0 Å². The number of rotatable bonds is 6. The minimum absolute atomic E-state index is 0.280. The van der Waals surface area contributed by atoms with Gasteiger partial charge in [-0.15, -0.1) is 0 Å². The molecular formula is C11H20N2O3. The molecule has 0 heterocycles. The molecule has 1 atom stereocenters. The van der Waals surface area contributed by atoms with Gasteiger partial charge in [-0.05, 0) is 31.1 Å². The van der Waals surface area contributed by atoms with Gasteiger partial charge in [-0.25, -0.2) is 9.59 Å². The summed E-state index contributed by atoms with van der Waals surface area (Å²) in [6.07, 6.45) is 3.75. The molecule has 0 aromatic rings. The highest BCUT2D eigenvalue weighted by atomic mass is 16.4. The number of carboxylic acid groups (broad SMARTS) is 1. The third kappa shape index (κ3) is 3.40. The lowest BCUT2D eigenvalue weighted by atomic mass is 10.0. The van der Waals surface area contributed by atoms with Crippen molar-refractivity contribution in [2.75, 3.05) is 6.54 Å². The summed E-state index contributed by atoms with van der Waals surface area (Å²) in [5.74, 6) is -0.991. The van der Waals surface area contributed by atoms with E-state index in [2.05, 4.69) is 17.6 Å². The lowest BCUT2D eigenvalue weighted by Gasteiger charge is -2.16. The standard InChI is InChI=1S/C11H20N2O3/c1-3-8(9(14)15)13-10(16)12-7-11(4-2)5-6-11/h8H,3-7H2,1-2H3,(H,14,15)(H2,12,13,16)/t8-/m0/s1. The molecule has 0 spiro atoms. The molecule has 0 aliphatic heterocycles. The zero-order valence-corrected chi connectivity index (χ0v) is 9.88. The zero-order chi connectivity index (χ0) is 12.2. The predicted molar refractivity (Wildman–Crippen MR) is 60.2 cm³/mol. The highest BCUT2D eigenvalue weighted by molar-refractivity contribution is 5.82. The second kappa shape index (κ2) is 5.18. The van der Waals surface area contributed by atoms with Gasteiger partial charge in [-0.2, -0.15) is 0 Å². The topological polar surface area (TPSA) is 78.4 Å². The molecule has 16 heavy (non-hydrogen) atoms. The third-order valence-corrected chi connectivity index (χ3v) is 3.34. The second-order valence-electron chi connectivity index (χ2n) is 4.48. The van der Waals surface area contributed by atoms with Crippen LogP contribution in [0.5, 0.6) is 0 Å². The molecule has 5 nitrogen and oxygen atoms in total. The van der Waals surface area contributed by atoms with Crippen LogP contribution in [-0.2, 0) is 4.79 Å². The first-order valence-electron chi connectivity index (χ1n) is 5.80. The fourth-order valence-electron chi connectivity index (χ4n) is 1.65. The molecule has 2 amide bonds. The molecule has 92 valence electrons. The van der Waals surface area contributed by atoms with Crippen molar-refractivity contribution in [2.45, 2.75) is 45.6 Å². The fraction of sp³-hybridized carbons (Fsp3) is 0.818. The van der Waals surface area contributed by atoms with Gasteiger partial charge in [0, 0.05) is 6.54 Å². The van der Waals surface area contributed by atoms with Crippen molar-refractivity contribution in [1.82, 2.24) is 10.6 Å². The maximum Gasteiger partial charge on any atom is 0.326 e. The van der Waals surface area contributed by atoms with Gasteiger partial charge in [0.25, 0.3) is 0 Å². The Kier molecular flexibility index (Phi) is 4.15. The molecular weight excluding hydrogens is 208 g/mol. The van der Waals surface area contributed by atoms with Gasteiger partial charge in [0.15, 0.2) is 0 Å². The van der Waals surface area contributed by atoms with Crippen molar-refractivity contribution in [3.63, 3.8) is 0 Å². The quantitative estimate of drug-likeness (QED) is 0.642. The first-order chi connectivity index (χ1) is 7.53. The Hall–Kier alpha value is -1.26. The summed E-state index contributed by atoms with van der Waals surface area (Å²) in [7, 11) is 0. The van der Waals surface area contributed by atoms with Crippen LogP contribution in [0.25, 0.3) is 0 Å². The number of hydrogen-bond donors (Lipinski definition) is 3.